The van der Waals surface area contributed by atoms with Crippen LogP contribution in [0.2, 0.25) is 0 Å². The van der Waals surface area contributed by atoms with Crippen molar-refractivity contribution in [1.82, 2.24) is 4.98 Å². The molecule has 1 aromatic carbocycles. The van der Waals surface area contributed by atoms with E-state index in [1.165, 1.54) is 0 Å². The summed E-state index contributed by atoms with van der Waals surface area (Å²) in [5.41, 5.74) is 4.24. The highest BCUT2D eigenvalue weighted by Gasteiger charge is 2.43. The van der Waals surface area contributed by atoms with Gasteiger partial charge in [-0.3, -0.25) is 19.6 Å². The highest BCUT2D eigenvalue weighted by Crippen LogP contribution is 2.43. The van der Waals surface area contributed by atoms with Crippen molar-refractivity contribution in [3.05, 3.63) is 77.3 Å². The Morgan fingerprint density at radius 3 is 2.62 bits per heavy atom. The smallest absolute Gasteiger partial charge is 0.315 e. The molecule has 0 fully saturated rings. The van der Waals surface area contributed by atoms with E-state index in [0.717, 1.165) is 29.7 Å². The van der Waals surface area contributed by atoms with Crippen molar-refractivity contribution in [1.29, 1.82) is 0 Å². The second-order valence-electron chi connectivity index (χ2n) is 7.53. The van der Waals surface area contributed by atoms with Gasteiger partial charge in [-0.2, -0.15) is 0 Å². The molecule has 1 aliphatic carbocycles. The fourth-order valence-electron chi connectivity index (χ4n) is 4.25. The number of allylic oxidation sites excluding steroid dienone is 2. The standard InChI is InChI=1S/C24H24N2O3/c1-16-21(24(28)29-15-12-17-6-3-2-4-7-17)22(18-10-13-25-14-11-18)23-19(26-16)8-5-9-20(23)27/h2-4,6-7,10-11,13-14,21-22H,5,8-9,12,15H2,1H3/t21?,22-/m1/s1. The number of aliphatic imine (C=N–C) groups is 1. The van der Waals surface area contributed by atoms with Crippen LogP contribution in [0.4, 0.5) is 0 Å². The van der Waals surface area contributed by atoms with Crippen molar-refractivity contribution in [3.8, 4) is 0 Å². The maximum Gasteiger partial charge on any atom is 0.315 e. The van der Waals surface area contributed by atoms with E-state index in [2.05, 4.69) is 9.98 Å². The SMILES string of the molecule is CC1=NC2=C(C(=O)CCC2)[C@H](c2ccncc2)C1C(=O)OCCc1ccccc1. The highest BCUT2D eigenvalue weighted by molar-refractivity contribution is 6.08. The molecule has 0 spiro atoms. The second kappa shape index (κ2) is 8.52. The molecule has 2 aliphatic rings. The number of nitrogens with zero attached hydrogens (tertiary/aromatic N) is 2. The van der Waals surface area contributed by atoms with Crippen molar-refractivity contribution < 1.29 is 14.3 Å². The Balaban J connectivity index is 1.60. The summed E-state index contributed by atoms with van der Waals surface area (Å²) in [5.74, 6) is -1.18. The summed E-state index contributed by atoms with van der Waals surface area (Å²) in [5, 5.41) is 0. The average molecular weight is 388 g/mol. The number of hydrogen-bond donors (Lipinski definition) is 0. The molecule has 2 atom stereocenters. The summed E-state index contributed by atoms with van der Waals surface area (Å²) in [7, 11) is 0. The summed E-state index contributed by atoms with van der Waals surface area (Å²) in [6, 6.07) is 13.7. The molecule has 29 heavy (non-hydrogen) atoms. The lowest BCUT2D eigenvalue weighted by molar-refractivity contribution is -0.146. The van der Waals surface area contributed by atoms with Gasteiger partial charge in [-0.25, -0.2) is 0 Å². The Hall–Kier alpha value is -3.08. The Labute approximate surface area is 170 Å². The zero-order valence-electron chi connectivity index (χ0n) is 16.5. The van der Waals surface area contributed by atoms with Crippen LogP contribution in [0.3, 0.4) is 0 Å². The van der Waals surface area contributed by atoms with E-state index in [-0.39, 0.29) is 17.7 Å². The summed E-state index contributed by atoms with van der Waals surface area (Å²) in [6.45, 7) is 2.16. The van der Waals surface area contributed by atoms with Gasteiger partial charge in [0, 0.05) is 48.1 Å². The van der Waals surface area contributed by atoms with Crippen molar-refractivity contribution in [2.45, 2.75) is 38.5 Å². The number of carbonyl (C=O) groups excluding carboxylic acids is 2. The lowest BCUT2D eigenvalue weighted by Gasteiger charge is -2.34. The number of ketones is 1. The Morgan fingerprint density at radius 2 is 1.86 bits per heavy atom. The van der Waals surface area contributed by atoms with Crippen LogP contribution in [-0.2, 0) is 20.7 Å². The van der Waals surface area contributed by atoms with Crippen LogP contribution in [0.1, 0.15) is 43.2 Å². The first-order chi connectivity index (χ1) is 14.1. The van der Waals surface area contributed by atoms with E-state index in [4.69, 9.17) is 4.74 Å². The predicted octanol–water partition coefficient (Wildman–Crippen LogP) is 4.05. The van der Waals surface area contributed by atoms with Gasteiger partial charge in [0.2, 0.25) is 0 Å². The summed E-state index contributed by atoms with van der Waals surface area (Å²) < 4.78 is 5.65. The van der Waals surface area contributed by atoms with Gasteiger partial charge in [0.15, 0.2) is 5.78 Å². The molecule has 0 radical (unpaired) electrons. The topological polar surface area (TPSA) is 68.6 Å². The third-order valence-electron chi connectivity index (χ3n) is 5.63. The molecule has 2 aromatic rings. The number of aromatic nitrogens is 1. The maximum atomic E-state index is 13.1. The monoisotopic (exact) mass is 388 g/mol. The fourth-order valence-corrected chi connectivity index (χ4v) is 4.25. The Morgan fingerprint density at radius 1 is 1.10 bits per heavy atom. The zero-order valence-corrected chi connectivity index (χ0v) is 16.5. The number of benzene rings is 1. The third kappa shape index (κ3) is 4.04. The first kappa shape index (κ1) is 19.2. The largest absolute Gasteiger partial charge is 0.465 e. The summed E-state index contributed by atoms with van der Waals surface area (Å²) >= 11 is 0. The van der Waals surface area contributed by atoms with Crippen LogP contribution >= 0.6 is 0 Å². The van der Waals surface area contributed by atoms with E-state index in [1.807, 2.05) is 49.4 Å². The third-order valence-corrected chi connectivity index (χ3v) is 5.63. The van der Waals surface area contributed by atoms with Gasteiger partial charge in [-0.15, -0.1) is 0 Å². The van der Waals surface area contributed by atoms with Gasteiger partial charge in [0.05, 0.1) is 6.61 Å². The second-order valence-corrected chi connectivity index (χ2v) is 7.53. The molecule has 2 heterocycles. The Bertz CT molecular complexity index is 964. The van der Waals surface area contributed by atoms with Crippen LogP contribution in [0.25, 0.3) is 0 Å². The molecular formula is C24H24N2O3. The van der Waals surface area contributed by atoms with E-state index < -0.39 is 5.92 Å². The van der Waals surface area contributed by atoms with Crippen molar-refractivity contribution >= 4 is 17.5 Å². The normalized spacial score (nSPS) is 21.4. The molecule has 148 valence electrons. The molecule has 0 saturated carbocycles. The molecule has 0 saturated heterocycles. The number of pyridine rings is 1. The number of esters is 1. The van der Waals surface area contributed by atoms with Crippen molar-refractivity contribution in [3.63, 3.8) is 0 Å². The lowest BCUT2D eigenvalue weighted by Crippen LogP contribution is -2.37. The minimum Gasteiger partial charge on any atom is -0.465 e. The molecule has 5 heteroatoms. The molecule has 1 aliphatic heterocycles. The average Bonchev–Trinajstić information content (AvgIpc) is 2.74. The minimum atomic E-state index is -0.589. The minimum absolute atomic E-state index is 0.0893. The van der Waals surface area contributed by atoms with E-state index in [0.29, 0.717) is 30.7 Å². The molecular weight excluding hydrogens is 364 g/mol. The molecule has 1 aromatic heterocycles. The molecule has 0 N–H and O–H groups in total. The van der Waals surface area contributed by atoms with Crippen LogP contribution in [0.5, 0.6) is 0 Å². The number of rotatable bonds is 5. The van der Waals surface area contributed by atoms with E-state index in [1.54, 1.807) is 12.4 Å². The van der Waals surface area contributed by atoms with Gasteiger partial charge in [0.1, 0.15) is 5.92 Å². The highest BCUT2D eigenvalue weighted by atomic mass is 16.5. The Kier molecular flexibility index (Phi) is 5.65. The van der Waals surface area contributed by atoms with Crippen LogP contribution < -0.4 is 0 Å². The maximum absolute atomic E-state index is 13.1. The molecule has 0 amide bonds. The summed E-state index contributed by atoms with van der Waals surface area (Å²) in [6.07, 6.45) is 6.13. The number of ether oxygens (including phenoxy) is 1. The fraction of sp³-hybridized carbons (Fsp3) is 0.333. The van der Waals surface area contributed by atoms with Crippen LogP contribution in [0.15, 0.2) is 71.1 Å². The first-order valence-electron chi connectivity index (χ1n) is 10.1. The van der Waals surface area contributed by atoms with Crippen LogP contribution in [0, 0.1) is 5.92 Å². The van der Waals surface area contributed by atoms with Gasteiger partial charge in [0.25, 0.3) is 0 Å². The first-order valence-corrected chi connectivity index (χ1v) is 10.1. The van der Waals surface area contributed by atoms with Gasteiger partial charge in [-0.05, 0) is 43.0 Å². The number of carbonyl (C=O) groups is 2. The molecule has 0 bridgehead atoms. The van der Waals surface area contributed by atoms with Gasteiger partial charge >= 0.3 is 5.97 Å². The quantitative estimate of drug-likeness (QED) is 0.725. The molecule has 4 rings (SSSR count). The van der Waals surface area contributed by atoms with Gasteiger partial charge < -0.3 is 4.74 Å². The number of hydrogen-bond acceptors (Lipinski definition) is 5. The van der Waals surface area contributed by atoms with Crippen molar-refractivity contribution in [2.75, 3.05) is 6.61 Å². The van der Waals surface area contributed by atoms with Gasteiger partial charge in [-0.1, -0.05) is 30.3 Å². The van der Waals surface area contributed by atoms with E-state index >= 15 is 0 Å². The molecule has 5 nitrogen and oxygen atoms in total. The number of Topliss-reactive ketones (excluding diaryl/α,β-unsaturated/α-hetero) is 1. The summed E-state index contributed by atoms with van der Waals surface area (Å²) in [4.78, 5) is 34.6. The molecule has 1 unspecified atom stereocenters. The van der Waals surface area contributed by atoms with E-state index in [9.17, 15) is 9.59 Å². The predicted molar refractivity (Wildman–Crippen MR) is 111 cm³/mol. The van der Waals surface area contributed by atoms with Crippen molar-refractivity contribution in [2.24, 2.45) is 10.9 Å². The lowest BCUT2D eigenvalue weighted by atomic mass is 9.72. The zero-order chi connectivity index (χ0) is 20.2. The van der Waals surface area contributed by atoms with Crippen LogP contribution in [-0.4, -0.2) is 29.1 Å².